The number of nitrogens with zero attached hydrogens (tertiary/aromatic N) is 1. The van der Waals surface area contributed by atoms with E-state index < -0.39 is 0 Å². The molecule has 19 heavy (non-hydrogen) atoms. The molecule has 0 bridgehead atoms. The van der Waals surface area contributed by atoms with Gasteiger partial charge in [0.25, 0.3) is 0 Å². The molecule has 3 nitrogen and oxygen atoms in total. The van der Waals surface area contributed by atoms with E-state index in [1.54, 1.807) is 7.11 Å². The zero-order valence-electron chi connectivity index (χ0n) is 10.4. The Bertz CT molecular complexity index is 651. The number of Topliss-reactive ketones (excluding diaryl/α,β-unsaturated/α-hetero) is 1. The fraction of sp³-hybridized carbons (Fsp3) is 0.286. The van der Waals surface area contributed by atoms with Gasteiger partial charge in [0, 0.05) is 11.3 Å². The van der Waals surface area contributed by atoms with Crippen molar-refractivity contribution in [2.24, 2.45) is 0 Å². The standard InChI is InChI=1S/C14H12ClNO2S/c1-18-10-6-2-4-8(15)12(10)14-16-13-9(17)5-3-7-11(13)19-14/h2,4,6H,3,5,7H2,1H3. The van der Waals surface area contributed by atoms with Crippen molar-refractivity contribution >= 4 is 28.7 Å². The number of methoxy groups -OCH3 is 1. The molecule has 1 aliphatic rings. The summed E-state index contributed by atoms with van der Waals surface area (Å²) in [6.07, 6.45) is 2.43. The van der Waals surface area contributed by atoms with Gasteiger partial charge in [-0.05, 0) is 25.0 Å². The van der Waals surface area contributed by atoms with E-state index in [9.17, 15) is 4.79 Å². The van der Waals surface area contributed by atoms with Crippen LogP contribution in [0, 0.1) is 0 Å². The first kappa shape index (κ1) is 12.6. The van der Waals surface area contributed by atoms with Gasteiger partial charge in [-0.3, -0.25) is 4.79 Å². The maximum Gasteiger partial charge on any atom is 0.182 e. The van der Waals surface area contributed by atoms with Gasteiger partial charge in [0.1, 0.15) is 16.5 Å². The predicted molar refractivity (Wildman–Crippen MR) is 76.4 cm³/mol. The quantitative estimate of drug-likeness (QED) is 0.840. The summed E-state index contributed by atoms with van der Waals surface area (Å²) in [5, 5.41) is 1.36. The smallest absolute Gasteiger partial charge is 0.182 e. The number of carbonyl (C=O) groups is 1. The maximum absolute atomic E-state index is 11.8. The van der Waals surface area contributed by atoms with Crippen LogP contribution < -0.4 is 4.74 Å². The highest BCUT2D eigenvalue weighted by Gasteiger charge is 2.24. The lowest BCUT2D eigenvalue weighted by molar-refractivity contribution is 0.0968. The molecule has 0 amide bonds. The number of aryl methyl sites for hydroxylation is 1. The Labute approximate surface area is 120 Å². The second-order valence-corrected chi connectivity index (χ2v) is 5.88. The fourth-order valence-electron chi connectivity index (χ4n) is 2.26. The van der Waals surface area contributed by atoms with Gasteiger partial charge in [-0.15, -0.1) is 11.3 Å². The van der Waals surface area contributed by atoms with Gasteiger partial charge in [0.05, 0.1) is 17.7 Å². The fourth-order valence-corrected chi connectivity index (χ4v) is 3.75. The molecule has 0 N–H and O–H groups in total. The Morgan fingerprint density at radius 3 is 2.95 bits per heavy atom. The number of hydrogen-bond donors (Lipinski definition) is 0. The molecule has 2 aromatic rings. The SMILES string of the molecule is COc1cccc(Cl)c1-c1nc2c(s1)CCCC2=O. The van der Waals surface area contributed by atoms with Crippen LogP contribution in [0.25, 0.3) is 10.6 Å². The normalized spacial score (nSPS) is 14.3. The summed E-state index contributed by atoms with van der Waals surface area (Å²) in [6, 6.07) is 5.49. The molecule has 0 fully saturated rings. The number of halogens is 1. The molecule has 0 radical (unpaired) electrons. The van der Waals surface area contributed by atoms with E-state index in [4.69, 9.17) is 16.3 Å². The maximum atomic E-state index is 11.8. The number of thiazole rings is 1. The van der Waals surface area contributed by atoms with Crippen LogP contribution in [0.3, 0.4) is 0 Å². The first-order chi connectivity index (χ1) is 9.20. The molecule has 1 aliphatic carbocycles. The molecule has 0 atom stereocenters. The number of ketones is 1. The number of hydrogen-bond acceptors (Lipinski definition) is 4. The van der Waals surface area contributed by atoms with Crippen molar-refractivity contribution in [1.82, 2.24) is 4.98 Å². The average Bonchev–Trinajstić information content (AvgIpc) is 2.83. The van der Waals surface area contributed by atoms with Crippen molar-refractivity contribution in [3.05, 3.63) is 33.8 Å². The summed E-state index contributed by atoms with van der Waals surface area (Å²) < 4.78 is 5.34. The molecule has 0 saturated carbocycles. The lowest BCUT2D eigenvalue weighted by atomic mass is 10.0. The van der Waals surface area contributed by atoms with Gasteiger partial charge in [-0.2, -0.15) is 0 Å². The van der Waals surface area contributed by atoms with E-state index in [0.29, 0.717) is 22.9 Å². The topological polar surface area (TPSA) is 39.2 Å². The molecule has 1 aromatic heterocycles. The van der Waals surface area contributed by atoms with E-state index in [0.717, 1.165) is 28.3 Å². The number of ether oxygens (including phenoxy) is 1. The molecular formula is C14H12ClNO2S. The number of carbonyl (C=O) groups excluding carboxylic acids is 1. The van der Waals surface area contributed by atoms with E-state index in [2.05, 4.69) is 4.98 Å². The highest BCUT2D eigenvalue weighted by molar-refractivity contribution is 7.15. The van der Waals surface area contributed by atoms with Crippen molar-refractivity contribution in [2.45, 2.75) is 19.3 Å². The van der Waals surface area contributed by atoms with Crippen LogP contribution in [0.4, 0.5) is 0 Å². The van der Waals surface area contributed by atoms with E-state index in [-0.39, 0.29) is 5.78 Å². The summed E-state index contributed by atoms with van der Waals surface area (Å²) in [6.45, 7) is 0. The van der Waals surface area contributed by atoms with Gasteiger partial charge in [-0.1, -0.05) is 17.7 Å². The van der Waals surface area contributed by atoms with Crippen LogP contribution >= 0.6 is 22.9 Å². The minimum atomic E-state index is 0.134. The van der Waals surface area contributed by atoms with Gasteiger partial charge in [-0.25, -0.2) is 4.98 Å². The second-order valence-electron chi connectivity index (χ2n) is 4.38. The molecule has 0 saturated heterocycles. The molecule has 1 aromatic carbocycles. The van der Waals surface area contributed by atoms with Crippen LogP contribution in [0.1, 0.15) is 28.2 Å². The Morgan fingerprint density at radius 2 is 2.21 bits per heavy atom. The number of aromatic nitrogens is 1. The zero-order chi connectivity index (χ0) is 13.4. The Balaban J connectivity index is 2.16. The highest BCUT2D eigenvalue weighted by Crippen LogP contribution is 2.40. The lowest BCUT2D eigenvalue weighted by Gasteiger charge is -2.07. The van der Waals surface area contributed by atoms with Crippen LogP contribution in [0.15, 0.2) is 18.2 Å². The third kappa shape index (κ3) is 2.15. The van der Waals surface area contributed by atoms with Crippen LogP contribution in [0.2, 0.25) is 5.02 Å². The molecule has 0 unspecified atom stereocenters. The van der Waals surface area contributed by atoms with E-state index in [1.165, 1.54) is 11.3 Å². The first-order valence-corrected chi connectivity index (χ1v) is 7.26. The Hall–Kier alpha value is -1.39. The zero-order valence-corrected chi connectivity index (χ0v) is 12.0. The first-order valence-electron chi connectivity index (χ1n) is 6.06. The molecule has 0 spiro atoms. The molecule has 0 aliphatic heterocycles. The summed E-state index contributed by atoms with van der Waals surface area (Å²) in [5.74, 6) is 0.820. The van der Waals surface area contributed by atoms with Crippen molar-refractivity contribution in [2.75, 3.05) is 7.11 Å². The Morgan fingerprint density at radius 1 is 1.37 bits per heavy atom. The highest BCUT2D eigenvalue weighted by atomic mass is 35.5. The number of fused-ring (bicyclic) bond motifs is 1. The minimum Gasteiger partial charge on any atom is -0.496 e. The van der Waals surface area contributed by atoms with E-state index in [1.807, 2.05) is 18.2 Å². The van der Waals surface area contributed by atoms with Crippen molar-refractivity contribution in [1.29, 1.82) is 0 Å². The summed E-state index contributed by atoms with van der Waals surface area (Å²) >= 11 is 7.78. The summed E-state index contributed by atoms with van der Waals surface area (Å²) in [7, 11) is 1.60. The van der Waals surface area contributed by atoms with Crippen molar-refractivity contribution in [3.8, 4) is 16.3 Å². The third-order valence-corrected chi connectivity index (χ3v) is 4.63. The van der Waals surface area contributed by atoms with Crippen LogP contribution in [-0.2, 0) is 6.42 Å². The van der Waals surface area contributed by atoms with Gasteiger partial charge in [0.2, 0.25) is 0 Å². The minimum absolute atomic E-state index is 0.134. The largest absolute Gasteiger partial charge is 0.496 e. The average molecular weight is 294 g/mol. The molecular weight excluding hydrogens is 282 g/mol. The van der Waals surface area contributed by atoms with Crippen LogP contribution in [-0.4, -0.2) is 17.9 Å². The number of rotatable bonds is 2. The lowest BCUT2D eigenvalue weighted by Crippen LogP contribution is -2.08. The molecule has 1 heterocycles. The van der Waals surface area contributed by atoms with Gasteiger partial charge in [0.15, 0.2) is 5.78 Å². The van der Waals surface area contributed by atoms with E-state index >= 15 is 0 Å². The molecule has 3 rings (SSSR count). The molecule has 98 valence electrons. The third-order valence-electron chi connectivity index (χ3n) is 3.18. The molecule has 5 heteroatoms. The second kappa shape index (κ2) is 4.94. The number of benzene rings is 1. The predicted octanol–water partition coefficient (Wildman–Crippen LogP) is 3.99. The van der Waals surface area contributed by atoms with Gasteiger partial charge >= 0.3 is 0 Å². The monoisotopic (exact) mass is 293 g/mol. The summed E-state index contributed by atoms with van der Waals surface area (Å²) in [4.78, 5) is 17.4. The van der Waals surface area contributed by atoms with Gasteiger partial charge < -0.3 is 4.74 Å². The summed E-state index contributed by atoms with van der Waals surface area (Å²) in [5.41, 5.74) is 1.40. The van der Waals surface area contributed by atoms with Crippen molar-refractivity contribution in [3.63, 3.8) is 0 Å². The van der Waals surface area contributed by atoms with Crippen molar-refractivity contribution < 1.29 is 9.53 Å². The Kier molecular flexibility index (Phi) is 3.29. The van der Waals surface area contributed by atoms with Crippen LogP contribution in [0.5, 0.6) is 5.75 Å².